The maximum absolute atomic E-state index is 11.6. The van der Waals surface area contributed by atoms with Gasteiger partial charge in [-0.25, -0.2) is 4.79 Å². The lowest BCUT2D eigenvalue weighted by atomic mass is 10.4. The molecule has 0 aliphatic carbocycles. The number of nitrogens with one attached hydrogen (secondary N) is 1. The molecule has 0 fully saturated rings. The van der Waals surface area contributed by atoms with E-state index in [1.165, 1.54) is 4.90 Å². The van der Waals surface area contributed by atoms with Crippen LogP contribution in [0.3, 0.4) is 0 Å². The zero-order valence-electron chi connectivity index (χ0n) is 9.86. The van der Waals surface area contributed by atoms with Crippen molar-refractivity contribution in [3.63, 3.8) is 0 Å². The Kier molecular flexibility index (Phi) is 8.80. The van der Waals surface area contributed by atoms with Crippen molar-refractivity contribution in [2.45, 2.75) is 19.8 Å². The molecule has 0 aromatic carbocycles. The normalized spacial score (nSPS) is 9.88. The summed E-state index contributed by atoms with van der Waals surface area (Å²) in [6.45, 7) is 2.75. The summed E-state index contributed by atoms with van der Waals surface area (Å²) in [6, 6.07) is -0.287. The zero-order chi connectivity index (χ0) is 12.4. The minimum Gasteiger partial charge on any atom is -0.480 e. The lowest BCUT2D eigenvalue weighted by Gasteiger charge is -2.20. The highest BCUT2D eigenvalue weighted by molar-refractivity contribution is 7.98. The van der Waals surface area contributed by atoms with Gasteiger partial charge >= 0.3 is 12.0 Å². The van der Waals surface area contributed by atoms with E-state index >= 15 is 0 Å². The largest absolute Gasteiger partial charge is 0.480 e. The minimum atomic E-state index is -0.979. The Morgan fingerprint density at radius 2 is 2.12 bits per heavy atom. The Balaban J connectivity index is 3.91. The molecule has 0 bridgehead atoms. The number of carboxylic acids is 1. The van der Waals surface area contributed by atoms with E-state index in [4.69, 9.17) is 5.11 Å². The van der Waals surface area contributed by atoms with E-state index in [0.29, 0.717) is 13.1 Å². The average molecular weight is 248 g/mol. The van der Waals surface area contributed by atoms with Crippen LogP contribution < -0.4 is 5.32 Å². The Labute approximate surface area is 101 Å². The number of carbonyl (C=O) groups is 2. The van der Waals surface area contributed by atoms with E-state index in [2.05, 4.69) is 5.32 Å². The number of aliphatic carboxylic acids is 1. The third-order valence-corrected chi connectivity index (χ3v) is 2.61. The van der Waals surface area contributed by atoms with E-state index in [1.54, 1.807) is 11.8 Å². The Morgan fingerprint density at radius 3 is 2.62 bits per heavy atom. The van der Waals surface area contributed by atoms with E-state index in [9.17, 15) is 9.59 Å². The van der Waals surface area contributed by atoms with Crippen LogP contribution in [-0.4, -0.2) is 53.6 Å². The van der Waals surface area contributed by atoms with Crippen molar-refractivity contribution in [2.75, 3.05) is 31.6 Å². The molecule has 16 heavy (non-hydrogen) atoms. The van der Waals surface area contributed by atoms with E-state index in [1.807, 2.05) is 13.2 Å². The van der Waals surface area contributed by atoms with Crippen LogP contribution in [-0.2, 0) is 4.79 Å². The van der Waals surface area contributed by atoms with Gasteiger partial charge in [0.25, 0.3) is 0 Å². The van der Waals surface area contributed by atoms with Crippen molar-refractivity contribution in [3.05, 3.63) is 0 Å². The van der Waals surface area contributed by atoms with Crippen molar-refractivity contribution >= 4 is 23.8 Å². The predicted molar refractivity (Wildman–Crippen MR) is 65.9 cm³/mol. The Morgan fingerprint density at radius 1 is 1.44 bits per heavy atom. The molecule has 2 amide bonds. The quantitative estimate of drug-likeness (QED) is 0.634. The Bertz CT molecular complexity index is 224. The molecule has 0 saturated heterocycles. The molecule has 94 valence electrons. The number of carbonyl (C=O) groups excluding carboxylic acids is 1. The third kappa shape index (κ3) is 7.39. The molecule has 0 unspecified atom stereocenters. The van der Waals surface area contributed by atoms with E-state index in [0.717, 1.165) is 18.6 Å². The highest BCUT2D eigenvalue weighted by Gasteiger charge is 2.14. The van der Waals surface area contributed by atoms with Gasteiger partial charge in [-0.1, -0.05) is 6.92 Å². The van der Waals surface area contributed by atoms with Gasteiger partial charge in [-0.2, -0.15) is 11.8 Å². The maximum atomic E-state index is 11.6. The molecule has 0 aromatic heterocycles. The molecular formula is C10H20N2O3S. The number of hydrogen-bond acceptors (Lipinski definition) is 3. The summed E-state index contributed by atoms with van der Waals surface area (Å²) in [5.41, 5.74) is 0. The predicted octanol–water partition coefficient (Wildman–Crippen LogP) is 1.25. The number of rotatable bonds is 8. The van der Waals surface area contributed by atoms with Crippen LogP contribution in [0.5, 0.6) is 0 Å². The fourth-order valence-electron chi connectivity index (χ4n) is 1.21. The fraction of sp³-hybridized carbons (Fsp3) is 0.800. The zero-order valence-corrected chi connectivity index (χ0v) is 10.7. The number of thioether (sulfide) groups is 1. The Hall–Kier alpha value is -0.910. The SMILES string of the molecule is CCCN(CC(=O)O)C(=O)NCCCSC. The molecule has 2 N–H and O–H groups in total. The molecule has 0 spiro atoms. The van der Waals surface area contributed by atoms with Crippen LogP contribution in [0.4, 0.5) is 4.79 Å². The number of amides is 2. The summed E-state index contributed by atoms with van der Waals surface area (Å²) in [4.78, 5) is 23.4. The van der Waals surface area contributed by atoms with Gasteiger partial charge in [-0.05, 0) is 24.9 Å². The van der Waals surface area contributed by atoms with Gasteiger partial charge in [0.15, 0.2) is 0 Å². The average Bonchev–Trinajstić information content (AvgIpc) is 2.23. The molecule has 0 aliphatic rings. The highest BCUT2D eigenvalue weighted by atomic mass is 32.2. The number of nitrogens with zero attached hydrogens (tertiary/aromatic N) is 1. The molecular weight excluding hydrogens is 228 g/mol. The minimum absolute atomic E-state index is 0.234. The summed E-state index contributed by atoms with van der Waals surface area (Å²) < 4.78 is 0. The fourth-order valence-corrected chi connectivity index (χ4v) is 1.64. The van der Waals surface area contributed by atoms with Crippen molar-refractivity contribution in [2.24, 2.45) is 0 Å². The molecule has 0 aromatic rings. The summed E-state index contributed by atoms with van der Waals surface area (Å²) >= 11 is 1.72. The maximum Gasteiger partial charge on any atom is 0.323 e. The molecule has 0 aliphatic heterocycles. The molecule has 0 saturated carbocycles. The smallest absolute Gasteiger partial charge is 0.323 e. The van der Waals surface area contributed by atoms with E-state index < -0.39 is 5.97 Å². The second kappa shape index (κ2) is 9.33. The van der Waals surface area contributed by atoms with Crippen molar-refractivity contribution in [1.29, 1.82) is 0 Å². The standard InChI is InChI=1S/C10H20N2O3S/c1-3-6-12(8-9(13)14)10(15)11-5-4-7-16-2/h3-8H2,1-2H3,(H,11,15)(H,13,14). The van der Waals surface area contributed by atoms with Crippen LogP contribution in [0, 0.1) is 0 Å². The van der Waals surface area contributed by atoms with Crippen molar-refractivity contribution in [3.8, 4) is 0 Å². The number of hydrogen-bond donors (Lipinski definition) is 2. The van der Waals surface area contributed by atoms with Crippen molar-refractivity contribution < 1.29 is 14.7 Å². The lowest BCUT2D eigenvalue weighted by Crippen LogP contribution is -2.43. The van der Waals surface area contributed by atoms with Crippen LogP contribution in [0.1, 0.15) is 19.8 Å². The van der Waals surface area contributed by atoms with Crippen LogP contribution in [0.25, 0.3) is 0 Å². The second-order valence-corrected chi connectivity index (χ2v) is 4.38. The monoisotopic (exact) mass is 248 g/mol. The summed E-state index contributed by atoms with van der Waals surface area (Å²) in [7, 11) is 0. The second-order valence-electron chi connectivity index (χ2n) is 3.39. The first-order chi connectivity index (χ1) is 7.61. The molecule has 0 radical (unpaired) electrons. The molecule has 5 nitrogen and oxygen atoms in total. The topological polar surface area (TPSA) is 69.6 Å². The number of urea groups is 1. The molecule has 6 heteroatoms. The van der Waals surface area contributed by atoms with E-state index in [-0.39, 0.29) is 12.6 Å². The molecule has 0 rings (SSSR count). The first-order valence-corrected chi connectivity index (χ1v) is 6.74. The summed E-state index contributed by atoms with van der Waals surface area (Å²) in [6.07, 6.45) is 3.67. The highest BCUT2D eigenvalue weighted by Crippen LogP contribution is 1.96. The first-order valence-electron chi connectivity index (χ1n) is 5.35. The summed E-state index contributed by atoms with van der Waals surface area (Å²) in [5.74, 6) is 0.0141. The van der Waals surface area contributed by atoms with Gasteiger partial charge in [-0.15, -0.1) is 0 Å². The molecule has 0 atom stereocenters. The lowest BCUT2D eigenvalue weighted by molar-refractivity contribution is -0.137. The van der Waals surface area contributed by atoms with Gasteiger partial charge in [-0.3, -0.25) is 4.79 Å². The van der Waals surface area contributed by atoms with Crippen molar-refractivity contribution in [1.82, 2.24) is 10.2 Å². The van der Waals surface area contributed by atoms with Crippen LogP contribution in [0.15, 0.2) is 0 Å². The van der Waals surface area contributed by atoms with Gasteiger partial charge in [0.05, 0.1) is 0 Å². The number of carboxylic acid groups (broad SMARTS) is 1. The van der Waals surface area contributed by atoms with Gasteiger partial charge < -0.3 is 15.3 Å². The van der Waals surface area contributed by atoms with Gasteiger partial charge in [0.1, 0.15) is 6.54 Å². The third-order valence-electron chi connectivity index (χ3n) is 1.91. The van der Waals surface area contributed by atoms with Gasteiger partial charge in [0.2, 0.25) is 0 Å². The summed E-state index contributed by atoms with van der Waals surface area (Å²) in [5, 5.41) is 11.4. The first kappa shape index (κ1) is 15.1. The van der Waals surface area contributed by atoms with Gasteiger partial charge in [0, 0.05) is 13.1 Å². The van der Waals surface area contributed by atoms with Crippen LogP contribution in [0.2, 0.25) is 0 Å². The van der Waals surface area contributed by atoms with Crippen LogP contribution >= 0.6 is 11.8 Å². The molecule has 0 heterocycles.